The molecule has 3 aromatic rings. The van der Waals surface area contributed by atoms with Crippen LogP contribution >= 0.6 is 0 Å². The molecule has 0 unspecified atom stereocenters. The van der Waals surface area contributed by atoms with Gasteiger partial charge in [0.1, 0.15) is 24.4 Å². The molecule has 1 N–H and O–H groups in total. The van der Waals surface area contributed by atoms with Gasteiger partial charge >= 0.3 is 0 Å². The zero-order valence-electron chi connectivity index (χ0n) is 23.7. The van der Waals surface area contributed by atoms with Crippen molar-refractivity contribution in [2.75, 3.05) is 31.1 Å². The minimum atomic E-state index is 0.787. The summed E-state index contributed by atoms with van der Waals surface area (Å²) < 4.78 is 9.05. The van der Waals surface area contributed by atoms with E-state index >= 15 is 0 Å². The second kappa shape index (κ2) is 12.3. The number of fused-ring (bicyclic) bond motifs is 2. The number of hydrogen-bond acceptors (Lipinski definition) is 3. The normalized spacial score (nSPS) is 11.3. The van der Waals surface area contributed by atoms with Crippen molar-refractivity contribution in [3.05, 3.63) is 107 Å². The molecule has 0 saturated carbocycles. The number of rotatable bonds is 10. The molecule has 1 aliphatic heterocycles. The van der Waals surface area contributed by atoms with Crippen LogP contribution in [0.4, 0.5) is 5.69 Å². The molecule has 0 spiro atoms. The SMILES string of the molecule is CCN(CC)c1ccc2c(-c3ccccc3CNCc3ccccc3)c3ccc(=[N+](CC)CC)cc-3oc2c1. The topological polar surface area (TPSA) is 31.4 Å². The minimum Gasteiger partial charge on any atom is -0.456 e. The maximum atomic E-state index is 6.68. The lowest BCUT2D eigenvalue weighted by atomic mass is 9.90. The molecule has 4 heteroatoms. The summed E-state index contributed by atoms with van der Waals surface area (Å²) in [6.07, 6.45) is 0. The first-order chi connectivity index (χ1) is 19.2. The van der Waals surface area contributed by atoms with Gasteiger partial charge in [-0.1, -0.05) is 54.6 Å². The summed E-state index contributed by atoms with van der Waals surface area (Å²) in [4.78, 5) is 2.37. The summed E-state index contributed by atoms with van der Waals surface area (Å²) in [6.45, 7) is 14.3. The highest BCUT2D eigenvalue weighted by molar-refractivity contribution is 6.03. The molecule has 5 rings (SSSR count). The van der Waals surface area contributed by atoms with E-state index in [2.05, 4.69) is 133 Å². The number of benzene rings is 4. The molecule has 0 atom stereocenters. The molecule has 0 aromatic heterocycles. The number of hydrogen-bond donors (Lipinski definition) is 1. The van der Waals surface area contributed by atoms with Gasteiger partial charge in [0.2, 0.25) is 5.36 Å². The summed E-state index contributed by atoms with van der Waals surface area (Å²) in [5.74, 6) is 0.922. The maximum Gasteiger partial charge on any atom is 0.203 e. The molecular formula is C35H40N3O+. The minimum absolute atomic E-state index is 0.787. The standard InChI is InChI=1S/C35H40N3O/c1-5-37(6-2)28-18-20-31-33(22-28)39-34-23-29(38(7-3)8-4)19-21-32(34)35(31)30-17-13-12-16-27(30)25-36-24-26-14-10-9-11-15-26/h9-23,36H,5-8,24-25H2,1-4H3/q+1. The van der Waals surface area contributed by atoms with E-state index < -0.39 is 0 Å². The van der Waals surface area contributed by atoms with Crippen LogP contribution in [-0.2, 0) is 13.1 Å². The Kier molecular flexibility index (Phi) is 8.43. The fraction of sp³-hybridized carbons (Fsp3) is 0.286. The largest absolute Gasteiger partial charge is 0.456 e. The highest BCUT2D eigenvalue weighted by Gasteiger charge is 2.21. The summed E-state index contributed by atoms with van der Waals surface area (Å²) in [7, 11) is 0. The van der Waals surface area contributed by atoms with Gasteiger partial charge in [-0.15, -0.1) is 0 Å². The van der Waals surface area contributed by atoms with Crippen LogP contribution in [0.1, 0.15) is 38.8 Å². The van der Waals surface area contributed by atoms with Gasteiger partial charge in [0.25, 0.3) is 0 Å². The number of nitrogens with zero attached hydrogens (tertiary/aromatic N) is 2. The first-order valence-electron chi connectivity index (χ1n) is 14.3. The Balaban J connectivity index is 1.68. The van der Waals surface area contributed by atoms with Crippen molar-refractivity contribution in [2.45, 2.75) is 40.8 Å². The third-order valence-corrected chi connectivity index (χ3v) is 7.72. The molecule has 0 fully saturated rings. The van der Waals surface area contributed by atoms with Crippen molar-refractivity contribution in [3.8, 4) is 22.5 Å². The van der Waals surface area contributed by atoms with E-state index in [0.29, 0.717) is 0 Å². The van der Waals surface area contributed by atoms with E-state index in [0.717, 1.165) is 61.6 Å². The molecule has 4 nitrogen and oxygen atoms in total. The van der Waals surface area contributed by atoms with Gasteiger partial charge in [0, 0.05) is 60.5 Å². The Morgan fingerprint density at radius 1 is 0.718 bits per heavy atom. The molecule has 39 heavy (non-hydrogen) atoms. The molecule has 2 aliphatic rings. The second-order valence-electron chi connectivity index (χ2n) is 9.93. The molecule has 0 radical (unpaired) electrons. The fourth-order valence-corrected chi connectivity index (χ4v) is 5.58. The smallest absolute Gasteiger partial charge is 0.203 e. The molecule has 0 amide bonds. The average molecular weight is 519 g/mol. The van der Waals surface area contributed by atoms with Gasteiger partial charge in [0.05, 0.1) is 6.07 Å². The zero-order valence-corrected chi connectivity index (χ0v) is 23.7. The van der Waals surface area contributed by atoms with Gasteiger partial charge in [-0.3, -0.25) is 0 Å². The van der Waals surface area contributed by atoms with Crippen molar-refractivity contribution < 1.29 is 4.42 Å². The van der Waals surface area contributed by atoms with Crippen molar-refractivity contribution in [2.24, 2.45) is 0 Å². The Morgan fingerprint density at radius 3 is 2.21 bits per heavy atom. The molecule has 0 saturated heterocycles. The summed E-state index contributed by atoms with van der Waals surface area (Å²) >= 11 is 0. The molecule has 0 bridgehead atoms. The van der Waals surface area contributed by atoms with Crippen molar-refractivity contribution in [3.63, 3.8) is 0 Å². The Bertz CT molecular complexity index is 1580. The predicted octanol–water partition coefficient (Wildman–Crippen LogP) is 7.15. The van der Waals surface area contributed by atoms with E-state index in [9.17, 15) is 0 Å². The number of nitrogens with one attached hydrogen (secondary N) is 1. The van der Waals surface area contributed by atoms with Crippen LogP contribution in [0.25, 0.3) is 33.4 Å². The number of anilines is 1. The predicted molar refractivity (Wildman–Crippen MR) is 165 cm³/mol. The molecule has 3 aromatic carbocycles. The quantitative estimate of drug-likeness (QED) is 0.157. The summed E-state index contributed by atoms with van der Waals surface area (Å²) in [6, 6.07) is 32.7. The van der Waals surface area contributed by atoms with Crippen molar-refractivity contribution >= 4 is 16.7 Å². The van der Waals surface area contributed by atoms with Gasteiger partial charge in [0.15, 0.2) is 0 Å². The fourth-order valence-electron chi connectivity index (χ4n) is 5.58. The van der Waals surface area contributed by atoms with E-state index in [1.54, 1.807) is 0 Å². The first-order valence-corrected chi connectivity index (χ1v) is 14.3. The highest BCUT2D eigenvalue weighted by atomic mass is 16.3. The molecular weight excluding hydrogens is 478 g/mol. The lowest BCUT2D eigenvalue weighted by Gasteiger charge is -2.23. The third kappa shape index (κ3) is 5.62. The van der Waals surface area contributed by atoms with E-state index in [1.807, 2.05) is 0 Å². The van der Waals surface area contributed by atoms with E-state index in [1.165, 1.54) is 33.3 Å². The Hall–Kier alpha value is -3.89. The van der Waals surface area contributed by atoms with Crippen molar-refractivity contribution in [1.29, 1.82) is 0 Å². The lowest BCUT2D eigenvalue weighted by Crippen LogP contribution is -2.29. The van der Waals surface area contributed by atoms with Gasteiger partial charge in [-0.2, -0.15) is 0 Å². The van der Waals surface area contributed by atoms with Gasteiger partial charge < -0.3 is 14.6 Å². The van der Waals surface area contributed by atoms with E-state index in [4.69, 9.17) is 4.42 Å². The van der Waals surface area contributed by atoms with E-state index in [-0.39, 0.29) is 0 Å². The van der Waals surface area contributed by atoms with Crippen LogP contribution in [0.2, 0.25) is 0 Å². The van der Waals surface area contributed by atoms with Crippen LogP contribution in [0, 0.1) is 0 Å². The maximum absolute atomic E-state index is 6.68. The van der Waals surface area contributed by atoms with Crippen LogP contribution in [0.3, 0.4) is 0 Å². The van der Waals surface area contributed by atoms with Crippen LogP contribution < -0.4 is 20.1 Å². The Morgan fingerprint density at radius 2 is 1.46 bits per heavy atom. The molecule has 1 aliphatic carbocycles. The summed E-state index contributed by atoms with van der Waals surface area (Å²) in [5, 5.41) is 6.00. The Labute approximate surface area is 232 Å². The third-order valence-electron chi connectivity index (χ3n) is 7.72. The average Bonchev–Trinajstić information content (AvgIpc) is 2.98. The summed E-state index contributed by atoms with van der Waals surface area (Å²) in [5.41, 5.74) is 8.31. The molecule has 200 valence electrons. The second-order valence-corrected chi connectivity index (χ2v) is 9.93. The van der Waals surface area contributed by atoms with Gasteiger partial charge in [-0.05, 0) is 62.6 Å². The zero-order chi connectivity index (χ0) is 27.2. The van der Waals surface area contributed by atoms with Gasteiger partial charge in [-0.25, -0.2) is 4.58 Å². The van der Waals surface area contributed by atoms with Crippen LogP contribution in [0.15, 0.2) is 95.4 Å². The first kappa shape index (κ1) is 26.7. The van der Waals surface area contributed by atoms with Crippen molar-refractivity contribution in [1.82, 2.24) is 9.89 Å². The monoisotopic (exact) mass is 518 g/mol. The van der Waals surface area contributed by atoms with Crippen LogP contribution in [-0.4, -0.2) is 26.2 Å². The molecule has 1 heterocycles. The lowest BCUT2D eigenvalue weighted by molar-refractivity contribution is 0.604. The van der Waals surface area contributed by atoms with Crippen LogP contribution in [0.5, 0.6) is 0 Å². The highest BCUT2D eigenvalue weighted by Crippen LogP contribution is 2.42.